The molecule has 1 fully saturated rings. The van der Waals surface area contributed by atoms with Crippen molar-refractivity contribution in [2.75, 3.05) is 6.54 Å². The van der Waals surface area contributed by atoms with Gasteiger partial charge in [0.2, 0.25) is 5.91 Å². The number of nitrogens with one attached hydrogen (secondary N) is 1. The van der Waals surface area contributed by atoms with Crippen molar-refractivity contribution in [2.45, 2.75) is 50.5 Å². The van der Waals surface area contributed by atoms with Crippen molar-refractivity contribution < 1.29 is 4.79 Å². The van der Waals surface area contributed by atoms with Crippen LogP contribution in [-0.2, 0) is 17.6 Å². The standard InChI is InChI=1S/C17H24N2O/c18-12-17(9-3-4-10-17)19-16(20)15-8-7-13-5-1-2-6-14(13)11-15/h1-2,5-6,15H,3-4,7-12,18H2,(H,19,20). The summed E-state index contributed by atoms with van der Waals surface area (Å²) >= 11 is 0. The van der Waals surface area contributed by atoms with Crippen LogP contribution in [0.5, 0.6) is 0 Å². The smallest absolute Gasteiger partial charge is 0.223 e. The summed E-state index contributed by atoms with van der Waals surface area (Å²) in [6, 6.07) is 8.49. The van der Waals surface area contributed by atoms with Gasteiger partial charge in [-0.15, -0.1) is 0 Å². The predicted octanol–water partition coefficient (Wildman–Crippen LogP) is 2.18. The third-order valence-corrected chi connectivity index (χ3v) is 5.06. The average Bonchev–Trinajstić information content (AvgIpc) is 2.96. The largest absolute Gasteiger partial charge is 0.349 e. The summed E-state index contributed by atoms with van der Waals surface area (Å²) < 4.78 is 0. The first-order valence-electron chi connectivity index (χ1n) is 7.81. The molecule has 1 unspecified atom stereocenters. The number of rotatable bonds is 3. The van der Waals surface area contributed by atoms with Gasteiger partial charge in [-0.2, -0.15) is 0 Å². The lowest BCUT2D eigenvalue weighted by atomic mass is 9.83. The lowest BCUT2D eigenvalue weighted by molar-refractivity contribution is -0.127. The molecule has 1 aromatic rings. The molecule has 3 N–H and O–H groups in total. The zero-order valence-corrected chi connectivity index (χ0v) is 12.0. The topological polar surface area (TPSA) is 55.1 Å². The van der Waals surface area contributed by atoms with Crippen molar-refractivity contribution in [3.05, 3.63) is 35.4 Å². The summed E-state index contributed by atoms with van der Waals surface area (Å²) in [6.07, 6.45) is 7.31. The Kier molecular flexibility index (Phi) is 3.79. The van der Waals surface area contributed by atoms with Crippen LogP contribution in [0.3, 0.4) is 0 Å². The lowest BCUT2D eigenvalue weighted by Crippen LogP contribution is -2.53. The highest BCUT2D eigenvalue weighted by Gasteiger charge is 2.36. The highest BCUT2D eigenvalue weighted by atomic mass is 16.2. The van der Waals surface area contributed by atoms with Crippen molar-refractivity contribution in [1.29, 1.82) is 0 Å². The van der Waals surface area contributed by atoms with E-state index in [-0.39, 0.29) is 17.4 Å². The molecule has 108 valence electrons. The van der Waals surface area contributed by atoms with Gasteiger partial charge < -0.3 is 11.1 Å². The Morgan fingerprint density at radius 2 is 1.95 bits per heavy atom. The fourth-order valence-electron chi connectivity index (χ4n) is 3.72. The Morgan fingerprint density at radius 1 is 1.25 bits per heavy atom. The van der Waals surface area contributed by atoms with Crippen LogP contribution in [0.2, 0.25) is 0 Å². The summed E-state index contributed by atoms with van der Waals surface area (Å²) in [5, 5.41) is 3.28. The molecule has 1 saturated carbocycles. The third kappa shape index (κ3) is 2.59. The summed E-state index contributed by atoms with van der Waals surface area (Å²) in [4.78, 5) is 12.6. The molecule has 0 spiro atoms. The Labute approximate surface area is 120 Å². The van der Waals surface area contributed by atoms with Gasteiger partial charge in [-0.05, 0) is 43.2 Å². The minimum absolute atomic E-state index is 0.117. The average molecular weight is 272 g/mol. The molecule has 1 atom stereocenters. The summed E-state index contributed by atoms with van der Waals surface area (Å²) in [6.45, 7) is 0.571. The lowest BCUT2D eigenvalue weighted by Gasteiger charge is -2.32. The number of nitrogens with two attached hydrogens (primary N) is 1. The second-order valence-electron chi connectivity index (χ2n) is 6.39. The Hall–Kier alpha value is -1.35. The van der Waals surface area contributed by atoms with Gasteiger partial charge in [0.05, 0.1) is 5.54 Å². The number of benzene rings is 1. The maximum absolute atomic E-state index is 12.6. The molecule has 3 heteroatoms. The van der Waals surface area contributed by atoms with Gasteiger partial charge in [0.25, 0.3) is 0 Å². The fraction of sp³-hybridized carbons (Fsp3) is 0.588. The second kappa shape index (κ2) is 5.57. The molecular formula is C17H24N2O. The molecule has 0 radical (unpaired) electrons. The molecule has 1 aromatic carbocycles. The molecule has 0 aromatic heterocycles. The highest BCUT2D eigenvalue weighted by Crippen LogP contribution is 2.31. The number of hydrogen-bond donors (Lipinski definition) is 2. The Bertz CT molecular complexity index is 492. The zero-order valence-electron chi connectivity index (χ0n) is 12.0. The van der Waals surface area contributed by atoms with E-state index in [1.54, 1.807) is 0 Å². The van der Waals surface area contributed by atoms with Crippen LogP contribution in [0.15, 0.2) is 24.3 Å². The number of carbonyl (C=O) groups is 1. The van der Waals surface area contributed by atoms with Crippen molar-refractivity contribution >= 4 is 5.91 Å². The van der Waals surface area contributed by atoms with Gasteiger partial charge in [-0.25, -0.2) is 0 Å². The number of hydrogen-bond acceptors (Lipinski definition) is 2. The molecule has 1 amide bonds. The first-order valence-corrected chi connectivity index (χ1v) is 7.81. The molecule has 0 aliphatic heterocycles. The van der Waals surface area contributed by atoms with Gasteiger partial charge in [-0.1, -0.05) is 37.1 Å². The molecule has 3 rings (SSSR count). The summed E-state index contributed by atoms with van der Waals surface area (Å²) in [5.41, 5.74) is 8.54. The van der Waals surface area contributed by atoms with Gasteiger partial charge in [-0.3, -0.25) is 4.79 Å². The van der Waals surface area contributed by atoms with E-state index in [0.717, 1.165) is 32.1 Å². The van der Waals surface area contributed by atoms with Crippen LogP contribution in [0.1, 0.15) is 43.2 Å². The van der Waals surface area contributed by atoms with E-state index in [1.807, 2.05) is 0 Å². The number of fused-ring (bicyclic) bond motifs is 1. The van der Waals surface area contributed by atoms with E-state index in [1.165, 1.54) is 24.0 Å². The number of aryl methyl sites for hydroxylation is 1. The third-order valence-electron chi connectivity index (χ3n) is 5.06. The fourth-order valence-corrected chi connectivity index (χ4v) is 3.72. The van der Waals surface area contributed by atoms with Gasteiger partial charge >= 0.3 is 0 Å². The van der Waals surface area contributed by atoms with Crippen molar-refractivity contribution in [3.63, 3.8) is 0 Å². The van der Waals surface area contributed by atoms with E-state index in [4.69, 9.17) is 5.73 Å². The van der Waals surface area contributed by atoms with Gasteiger partial charge in [0.1, 0.15) is 0 Å². The highest BCUT2D eigenvalue weighted by molar-refractivity contribution is 5.80. The molecule has 2 aliphatic carbocycles. The van der Waals surface area contributed by atoms with Crippen molar-refractivity contribution in [1.82, 2.24) is 5.32 Å². The Balaban J connectivity index is 1.67. The molecular weight excluding hydrogens is 248 g/mol. The molecule has 20 heavy (non-hydrogen) atoms. The first-order chi connectivity index (χ1) is 9.72. The predicted molar refractivity (Wildman–Crippen MR) is 80.4 cm³/mol. The molecule has 0 saturated heterocycles. The van der Waals surface area contributed by atoms with E-state index in [2.05, 4.69) is 29.6 Å². The monoisotopic (exact) mass is 272 g/mol. The first kappa shape index (κ1) is 13.6. The number of carbonyl (C=O) groups excluding carboxylic acids is 1. The zero-order chi connectivity index (χ0) is 14.0. The van der Waals surface area contributed by atoms with E-state index in [0.29, 0.717) is 6.54 Å². The van der Waals surface area contributed by atoms with Crippen LogP contribution >= 0.6 is 0 Å². The van der Waals surface area contributed by atoms with Crippen LogP contribution in [0.25, 0.3) is 0 Å². The van der Waals surface area contributed by atoms with Crippen LogP contribution in [0.4, 0.5) is 0 Å². The Morgan fingerprint density at radius 3 is 2.65 bits per heavy atom. The molecule has 2 aliphatic rings. The summed E-state index contributed by atoms with van der Waals surface area (Å²) in [5.74, 6) is 0.334. The van der Waals surface area contributed by atoms with Crippen LogP contribution in [-0.4, -0.2) is 18.0 Å². The summed E-state index contributed by atoms with van der Waals surface area (Å²) in [7, 11) is 0. The van der Waals surface area contributed by atoms with E-state index in [9.17, 15) is 4.79 Å². The molecule has 0 heterocycles. The van der Waals surface area contributed by atoms with Crippen LogP contribution < -0.4 is 11.1 Å². The molecule has 0 bridgehead atoms. The SMILES string of the molecule is NCC1(NC(=O)C2CCc3ccccc3C2)CCCC1. The minimum atomic E-state index is -0.117. The number of amides is 1. The quantitative estimate of drug-likeness (QED) is 0.886. The normalized spacial score (nSPS) is 24.1. The second-order valence-corrected chi connectivity index (χ2v) is 6.39. The molecule has 3 nitrogen and oxygen atoms in total. The van der Waals surface area contributed by atoms with Crippen LogP contribution in [0, 0.1) is 5.92 Å². The van der Waals surface area contributed by atoms with Crippen molar-refractivity contribution in [2.24, 2.45) is 11.7 Å². The van der Waals surface area contributed by atoms with Gasteiger partial charge in [0, 0.05) is 12.5 Å². The van der Waals surface area contributed by atoms with E-state index >= 15 is 0 Å². The van der Waals surface area contributed by atoms with Crippen molar-refractivity contribution in [3.8, 4) is 0 Å². The van der Waals surface area contributed by atoms with Gasteiger partial charge in [0.15, 0.2) is 0 Å². The maximum atomic E-state index is 12.6. The van der Waals surface area contributed by atoms with E-state index < -0.39 is 0 Å². The minimum Gasteiger partial charge on any atom is -0.349 e. The maximum Gasteiger partial charge on any atom is 0.223 e.